The van der Waals surface area contributed by atoms with Crippen LogP contribution < -0.4 is 5.32 Å². The lowest BCUT2D eigenvalue weighted by molar-refractivity contribution is 0.594. The number of nitrogens with one attached hydrogen (secondary N) is 1. The summed E-state index contributed by atoms with van der Waals surface area (Å²) in [5.74, 6) is 0.0476. The summed E-state index contributed by atoms with van der Waals surface area (Å²) in [4.78, 5) is 0. The molecule has 1 N–H and O–H groups in total. The van der Waals surface area contributed by atoms with Gasteiger partial charge in [0.15, 0.2) is 9.84 Å². The Morgan fingerprint density at radius 1 is 1.38 bits per heavy atom. The third kappa shape index (κ3) is 3.68. The van der Waals surface area contributed by atoms with E-state index in [9.17, 15) is 8.42 Å². The molecule has 0 spiro atoms. The van der Waals surface area contributed by atoms with E-state index < -0.39 is 14.5 Å². The van der Waals surface area contributed by atoms with Crippen molar-refractivity contribution in [2.45, 2.75) is 18.6 Å². The van der Waals surface area contributed by atoms with Gasteiger partial charge in [0.2, 0.25) is 0 Å². The molecular weight excluding hydrogens is 246 g/mol. The maximum atomic E-state index is 11.4. The molecule has 0 aromatic heterocycles. The summed E-state index contributed by atoms with van der Waals surface area (Å²) >= 11 is 5.57. The van der Waals surface area contributed by atoms with Crippen molar-refractivity contribution in [1.82, 2.24) is 0 Å². The molecule has 0 radical (unpaired) electrons. The Hall–Kier alpha value is -0.740. The molecule has 16 heavy (non-hydrogen) atoms. The van der Waals surface area contributed by atoms with Crippen LogP contribution in [-0.4, -0.2) is 25.4 Å². The number of hydrogen-bond acceptors (Lipinski definition) is 3. The van der Waals surface area contributed by atoms with E-state index >= 15 is 0 Å². The van der Waals surface area contributed by atoms with Gasteiger partial charge in [0.05, 0.1) is 5.75 Å². The third-order valence-corrected chi connectivity index (χ3v) is 4.92. The van der Waals surface area contributed by atoms with E-state index in [0.717, 1.165) is 11.3 Å². The molecule has 0 saturated heterocycles. The van der Waals surface area contributed by atoms with Gasteiger partial charge in [-0.15, -0.1) is 11.6 Å². The molecule has 1 unspecified atom stereocenters. The number of rotatable bonds is 5. The molecule has 3 nitrogen and oxygen atoms in total. The lowest BCUT2D eigenvalue weighted by Crippen LogP contribution is -2.21. The van der Waals surface area contributed by atoms with E-state index in [1.807, 2.05) is 31.2 Å². The van der Waals surface area contributed by atoms with Gasteiger partial charge in [0.25, 0.3) is 0 Å². The van der Waals surface area contributed by atoms with E-state index in [1.165, 1.54) is 6.92 Å². The van der Waals surface area contributed by atoms with Crippen molar-refractivity contribution in [3.05, 3.63) is 29.8 Å². The number of alkyl halides is 1. The molecule has 1 rings (SSSR count). The van der Waals surface area contributed by atoms with Gasteiger partial charge in [-0.2, -0.15) is 0 Å². The Balaban J connectivity index is 2.52. The molecule has 1 aromatic rings. The summed E-state index contributed by atoms with van der Waals surface area (Å²) in [6.45, 7) is 3.83. The highest BCUT2D eigenvalue weighted by Gasteiger charge is 2.17. The standard InChI is InChI=1S/C11H16ClNO2S/c1-9-5-3-4-6-11(9)13-7-8-16(14,15)10(2)12/h3-6,10,13H,7-8H2,1-2H3. The zero-order chi connectivity index (χ0) is 12.2. The third-order valence-electron chi connectivity index (χ3n) is 2.34. The SMILES string of the molecule is Cc1ccccc1NCCS(=O)(=O)C(C)Cl. The van der Waals surface area contributed by atoms with Crippen LogP contribution in [0.5, 0.6) is 0 Å². The van der Waals surface area contributed by atoms with Gasteiger partial charge >= 0.3 is 0 Å². The van der Waals surface area contributed by atoms with Gasteiger partial charge in [0, 0.05) is 12.2 Å². The molecule has 0 aliphatic rings. The summed E-state index contributed by atoms with van der Waals surface area (Å²) < 4.78 is 22.0. The number of para-hydroxylation sites is 1. The largest absolute Gasteiger partial charge is 0.384 e. The van der Waals surface area contributed by atoms with Crippen LogP contribution in [0.2, 0.25) is 0 Å². The second-order valence-corrected chi connectivity index (χ2v) is 7.01. The van der Waals surface area contributed by atoms with Crippen molar-refractivity contribution in [3.63, 3.8) is 0 Å². The number of anilines is 1. The molecule has 1 atom stereocenters. The van der Waals surface area contributed by atoms with Crippen LogP contribution in [0.25, 0.3) is 0 Å². The second kappa shape index (κ2) is 5.55. The van der Waals surface area contributed by atoms with Gasteiger partial charge in [-0.25, -0.2) is 8.42 Å². The Bertz CT molecular complexity index is 443. The maximum Gasteiger partial charge on any atom is 0.168 e. The van der Waals surface area contributed by atoms with Crippen molar-refractivity contribution in [1.29, 1.82) is 0 Å². The van der Waals surface area contributed by atoms with E-state index in [0.29, 0.717) is 6.54 Å². The fraction of sp³-hybridized carbons (Fsp3) is 0.455. The molecule has 90 valence electrons. The minimum atomic E-state index is -3.18. The van der Waals surface area contributed by atoms with Crippen LogP contribution in [0, 0.1) is 6.92 Å². The Morgan fingerprint density at radius 3 is 2.56 bits per heavy atom. The lowest BCUT2D eigenvalue weighted by Gasteiger charge is -2.10. The van der Waals surface area contributed by atoms with Crippen molar-refractivity contribution in [2.75, 3.05) is 17.6 Å². The monoisotopic (exact) mass is 261 g/mol. The molecule has 0 fully saturated rings. The number of sulfone groups is 1. The zero-order valence-electron chi connectivity index (χ0n) is 9.40. The van der Waals surface area contributed by atoms with Crippen LogP contribution in [-0.2, 0) is 9.84 Å². The number of aryl methyl sites for hydroxylation is 1. The smallest absolute Gasteiger partial charge is 0.168 e. The maximum absolute atomic E-state index is 11.4. The predicted molar refractivity (Wildman–Crippen MR) is 68.8 cm³/mol. The van der Waals surface area contributed by atoms with Crippen molar-refractivity contribution in [3.8, 4) is 0 Å². The summed E-state index contributed by atoms with van der Waals surface area (Å²) in [7, 11) is -3.18. The molecular formula is C11H16ClNO2S. The van der Waals surface area contributed by atoms with E-state index in [2.05, 4.69) is 5.32 Å². The summed E-state index contributed by atoms with van der Waals surface area (Å²) in [5.41, 5.74) is 2.05. The molecule has 0 heterocycles. The molecule has 0 amide bonds. The number of halogens is 1. The van der Waals surface area contributed by atoms with Gasteiger partial charge in [0.1, 0.15) is 4.71 Å². The van der Waals surface area contributed by atoms with Crippen molar-refractivity contribution >= 4 is 27.1 Å². The Labute approximate surface area is 102 Å². The van der Waals surface area contributed by atoms with Crippen molar-refractivity contribution in [2.24, 2.45) is 0 Å². The molecule has 1 aromatic carbocycles. The average molecular weight is 262 g/mol. The van der Waals surface area contributed by atoms with Gasteiger partial charge in [-0.05, 0) is 25.5 Å². The fourth-order valence-electron chi connectivity index (χ4n) is 1.26. The summed E-state index contributed by atoms with van der Waals surface area (Å²) in [6, 6.07) is 7.75. The first-order chi connectivity index (χ1) is 7.43. The zero-order valence-corrected chi connectivity index (χ0v) is 11.0. The van der Waals surface area contributed by atoms with Crippen LogP contribution in [0.1, 0.15) is 12.5 Å². The first-order valence-electron chi connectivity index (χ1n) is 5.08. The summed E-state index contributed by atoms with van der Waals surface area (Å²) in [6.07, 6.45) is 0. The predicted octanol–water partition coefficient (Wildman–Crippen LogP) is 2.41. The van der Waals surface area contributed by atoms with Crippen LogP contribution in [0.4, 0.5) is 5.69 Å². The van der Waals surface area contributed by atoms with Crippen LogP contribution >= 0.6 is 11.6 Å². The number of hydrogen-bond donors (Lipinski definition) is 1. The molecule has 0 saturated carbocycles. The lowest BCUT2D eigenvalue weighted by atomic mass is 10.2. The van der Waals surface area contributed by atoms with Gasteiger partial charge < -0.3 is 5.32 Å². The normalized spacial score (nSPS) is 13.4. The highest BCUT2D eigenvalue weighted by Crippen LogP contribution is 2.13. The highest BCUT2D eigenvalue weighted by atomic mass is 35.5. The first-order valence-corrected chi connectivity index (χ1v) is 7.24. The van der Waals surface area contributed by atoms with E-state index in [1.54, 1.807) is 0 Å². The van der Waals surface area contributed by atoms with Crippen LogP contribution in [0.15, 0.2) is 24.3 Å². The minimum absolute atomic E-state index is 0.0476. The summed E-state index contributed by atoms with van der Waals surface area (Å²) in [5, 5.41) is 3.09. The Morgan fingerprint density at radius 2 is 2.00 bits per heavy atom. The molecule has 0 aliphatic carbocycles. The highest BCUT2D eigenvalue weighted by molar-refractivity contribution is 7.93. The molecule has 0 bridgehead atoms. The Kier molecular flexibility index (Phi) is 4.62. The quantitative estimate of drug-likeness (QED) is 0.828. The molecule has 0 aliphatic heterocycles. The minimum Gasteiger partial charge on any atom is -0.384 e. The number of benzene rings is 1. The fourth-order valence-corrected chi connectivity index (χ4v) is 2.24. The second-order valence-electron chi connectivity index (χ2n) is 3.65. The van der Waals surface area contributed by atoms with Crippen LogP contribution in [0.3, 0.4) is 0 Å². The average Bonchev–Trinajstić information content (AvgIpc) is 2.20. The van der Waals surface area contributed by atoms with Crippen molar-refractivity contribution < 1.29 is 8.42 Å². The molecule has 5 heteroatoms. The van der Waals surface area contributed by atoms with Gasteiger partial charge in [-0.1, -0.05) is 18.2 Å². The topological polar surface area (TPSA) is 46.2 Å². The van der Waals surface area contributed by atoms with E-state index in [4.69, 9.17) is 11.6 Å². The van der Waals surface area contributed by atoms with Gasteiger partial charge in [-0.3, -0.25) is 0 Å². The van der Waals surface area contributed by atoms with E-state index in [-0.39, 0.29) is 5.75 Å². The first kappa shape index (κ1) is 13.3.